The fourth-order valence-corrected chi connectivity index (χ4v) is 2.28. The van der Waals surface area contributed by atoms with Crippen LogP contribution in [0.5, 0.6) is 0 Å². The highest BCUT2D eigenvalue weighted by atomic mass is 16.1. The molecule has 0 aromatic rings. The van der Waals surface area contributed by atoms with Gasteiger partial charge in [0.25, 0.3) is 0 Å². The third-order valence-corrected chi connectivity index (χ3v) is 3.16. The molecule has 0 saturated heterocycles. The molecular weight excluding hydrogens is 200 g/mol. The topological polar surface area (TPSA) is 34.1 Å². The first-order valence-electron chi connectivity index (χ1n) is 5.60. The molecule has 0 radical (unpaired) electrons. The molecule has 0 bridgehead atoms. The lowest BCUT2D eigenvalue weighted by molar-refractivity contribution is -0.110. The molecule has 0 aliphatic heterocycles. The molecule has 2 nitrogen and oxygen atoms in total. The molecule has 0 unspecified atom stereocenters. The van der Waals surface area contributed by atoms with Crippen molar-refractivity contribution in [2.24, 2.45) is 5.41 Å². The van der Waals surface area contributed by atoms with Crippen LogP contribution in [0, 0.1) is 5.41 Å². The van der Waals surface area contributed by atoms with Crippen molar-refractivity contribution in [3.63, 3.8) is 0 Å². The van der Waals surface area contributed by atoms with E-state index in [1.165, 1.54) is 29.6 Å². The normalized spacial score (nSPS) is 19.7. The Kier molecular flexibility index (Phi) is 4.03. The Morgan fingerprint density at radius 2 is 2.12 bits per heavy atom. The highest BCUT2D eigenvalue weighted by Gasteiger charge is 2.26. The molecule has 1 aliphatic carbocycles. The number of ketones is 1. The lowest BCUT2D eigenvalue weighted by Crippen LogP contribution is -2.19. The van der Waals surface area contributed by atoms with E-state index in [1.807, 2.05) is 6.08 Å². The highest BCUT2D eigenvalue weighted by molar-refractivity contribution is 6.04. The number of carbonyl (C=O) groups is 1. The first-order valence-corrected chi connectivity index (χ1v) is 5.60. The van der Waals surface area contributed by atoms with Crippen molar-refractivity contribution in [3.8, 4) is 0 Å². The molecule has 2 heteroatoms. The van der Waals surface area contributed by atoms with E-state index in [0.717, 1.165) is 18.9 Å². The van der Waals surface area contributed by atoms with Crippen molar-refractivity contribution in [2.75, 3.05) is 0 Å². The summed E-state index contributed by atoms with van der Waals surface area (Å²) in [5.41, 5.74) is 2.70. The summed E-state index contributed by atoms with van der Waals surface area (Å²) in [5, 5.41) is 0. The number of hydrogen-bond donors (Lipinski definition) is 0. The van der Waals surface area contributed by atoms with Gasteiger partial charge >= 0.3 is 0 Å². The SMILES string of the molecule is CC1=C(/C=C/C(=O)C=C=O)C(C)(C)CCC1. The highest BCUT2D eigenvalue weighted by Crippen LogP contribution is 2.40. The van der Waals surface area contributed by atoms with Crippen LogP contribution in [-0.4, -0.2) is 11.7 Å². The average Bonchev–Trinajstić information content (AvgIpc) is 2.16. The van der Waals surface area contributed by atoms with Gasteiger partial charge < -0.3 is 0 Å². The molecule has 0 aromatic carbocycles. The van der Waals surface area contributed by atoms with Crippen LogP contribution < -0.4 is 0 Å². The minimum atomic E-state index is -0.295. The molecule has 1 aliphatic rings. The second-order valence-corrected chi connectivity index (χ2v) is 4.93. The van der Waals surface area contributed by atoms with Crippen LogP contribution in [0.15, 0.2) is 29.4 Å². The molecule has 0 amide bonds. The van der Waals surface area contributed by atoms with Crippen LogP contribution in [0.1, 0.15) is 40.0 Å². The molecule has 16 heavy (non-hydrogen) atoms. The monoisotopic (exact) mass is 218 g/mol. The molecular formula is C14H18O2. The minimum Gasteiger partial charge on any atom is -0.289 e. The van der Waals surface area contributed by atoms with Crippen LogP contribution in [0.4, 0.5) is 0 Å². The maximum atomic E-state index is 11.2. The zero-order chi connectivity index (χ0) is 12.2. The first kappa shape index (κ1) is 12.7. The maximum Gasteiger partial charge on any atom is 0.189 e. The molecule has 0 fully saturated rings. The lowest BCUT2D eigenvalue weighted by Gasteiger charge is -2.32. The van der Waals surface area contributed by atoms with Crippen LogP contribution in [0.2, 0.25) is 0 Å². The van der Waals surface area contributed by atoms with Gasteiger partial charge in [-0.2, -0.15) is 0 Å². The van der Waals surface area contributed by atoms with E-state index < -0.39 is 0 Å². The lowest BCUT2D eigenvalue weighted by atomic mass is 9.72. The second-order valence-electron chi connectivity index (χ2n) is 4.93. The maximum absolute atomic E-state index is 11.2. The van der Waals surface area contributed by atoms with E-state index in [-0.39, 0.29) is 11.2 Å². The zero-order valence-electron chi connectivity index (χ0n) is 10.2. The van der Waals surface area contributed by atoms with Crippen molar-refractivity contribution in [2.45, 2.75) is 40.0 Å². The Balaban J connectivity index is 2.93. The first-order chi connectivity index (χ1) is 7.47. The van der Waals surface area contributed by atoms with Gasteiger partial charge in [-0.1, -0.05) is 25.5 Å². The minimum absolute atomic E-state index is 0.129. The predicted octanol–water partition coefficient (Wildman–Crippen LogP) is 3.03. The molecule has 86 valence electrons. The fraction of sp³-hybridized carbons (Fsp3) is 0.500. The second kappa shape index (κ2) is 5.09. The summed E-state index contributed by atoms with van der Waals surface area (Å²) < 4.78 is 0. The van der Waals surface area contributed by atoms with Crippen molar-refractivity contribution in [1.29, 1.82) is 0 Å². The molecule has 0 atom stereocenters. The van der Waals surface area contributed by atoms with Crippen LogP contribution in [0.3, 0.4) is 0 Å². The van der Waals surface area contributed by atoms with Crippen molar-refractivity contribution >= 4 is 11.7 Å². The Morgan fingerprint density at radius 1 is 1.44 bits per heavy atom. The summed E-state index contributed by atoms with van der Waals surface area (Å²) in [7, 11) is 0. The smallest absolute Gasteiger partial charge is 0.189 e. The Bertz CT molecular complexity index is 391. The predicted molar refractivity (Wildman–Crippen MR) is 64.7 cm³/mol. The quantitative estimate of drug-likeness (QED) is 0.539. The number of rotatable bonds is 3. The number of allylic oxidation sites excluding steroid dienone is 5. The standard InChI is InChI=1S/C14H18O2/c1-11-5-4-9-14(2,3)13(11)7-6-12(16)8-10-15/h6-8H,4-5,9H2,1-3H3/b7-6+. The molecule has 0 N–H and O–H groups in total. The number of carbonyl (C=O) groups excluding carboxylic acids is 2. The van der Waals surface area contributed by atoms with E-state index in [4.69, 9.17) is 0 Å². The van der Waals surface area contributed by atoms with Crippen molar-refractivity contribution in [1.82, 2.24) is 0 Å². The molecule has 0 spiro atoms. The van der Waals surface area contributed by atoms with Gasteiger partial charge in [0.2, 0.25) is 0 Å². The molecule has 1 rings (SSSR count). The van der Waals surface area contributed by atoms with E-state index in [1.54, 1.807) is 0 Å². The Hall–Kier alpha value is -1.40. The van der Waals surface area contributed by atoms with Gasteiger partial charge in [-0.3, -0.25) is 4.79 Å². The van der Waals surface area contributed by atoms with Crippen LogP contribution in [0.25, 0.3) is 0 Å². The third kappa shape index (κ3) is 3.04. The summed E-state index contributed by atoms with van der Waals surface area (Å²) in [6, 6.07) is 0. The average molecular weight is 218 g/mol. The largest absolute Gasteiger partial charge is 0.289 e. The summed E-state index contributed by atoms with van der Waals surface area (Å²) in [6.45, 7) is 6.49. The van der Waals surface area contributed by atoms with Gasteiger partial charge in [-0.25, -0.2) is 4.79 Å². The molecule has 0 heterocycles. The van der Waals surface area contributed by atoms with Gasteiger partial charge in [-0.05, 0) is 43.3 Å². The third-order valence-electron chi connectivity index (χ3n) is 3.16. The van der Waals surface area contributed by atoms with E-state index in [0.29, 0.717) is 0 Å². The van der Waals surface area contributed by atoms with Gasteiger partial charge in [0.05, 0.1) is 6.08 Å². The van der Waals surface area contributed by atoms with Gasteiger partial charge in [-0.15, -0.1) is 0 Å². The summed E-state index contributed by atoms with van der Waals surface area (Å²) in [4.78, 5) is 21.2. The van der Waals surface area contributed by atoms with Crippen LogP contribution >= 0.6 is 0 Å². The van der Waals surface area contributed by atoms with E-state index >= 15 is 0 Å². The molecule has 0 aromatic heterocycles. The Morgan fingerprint density at radius 3 is 2.69 bits per heavy atom. The molecule has 0 saturated carbocycles. The zero-order valence-corrected chi connectivity index (χ0v) is 10.2. The fourth-order valence-electron chi connectivity index (χ4n) is 2.28. The van der Waals surface area contributed by atoms with Crippen molar-refractivity contribution in [3.05, 3.63) is 29.4 Å². The van der Waals surface area contributed by atoms with Gasteiger partial charge in [0.1, 0.15) is 5.94 Å². The summed E-state index contributed by atoms with van der Waals surface area (Å²) in [6.07, 6.45) is 7.67. The summed E-state index contributed by atoms with van der Waals surface area (Å²) >= 11 is 0. The Labute approximate surface area is 96.7 Å². The summed E-state index contributed by atoms with van der Waals surface area (Å²) in [5.74, 6) is 1.20. The van der Waals surface area contributed by atoms with Gasteiger partial charge in [0, 0.05) is 0 Å². The van der Waals surface area contributed by atoms with E-state index in [9.17, 15) is 9.59 Å². The van der Waals surface area contributed by atoms with E-state index in [2.05, 4.69) is 20.8 Å². The van der Waals surface area contributed by atoms with Gasteiger partial charge in [0.15, 0.2) is 5.78 Å². The van der Waals surface area contributed by atoms with Crippen LogP contribution in [-0.2, 0) is 9.59 Å². The number of hydrogen-bond acceptors (Lipinski definition) is 2. The van der Waals surface area contributed by atoms with Crippen molar-refractivity contribution < 1.29 is 9.59 Å².